The molecule has 5 heteroatoms. The molecule has 4 aromatic carbocycles. The van der Waals surface area contributed by atoms with Crippen LogP contribution in [0.4, 0.5) is 5.69 Å². The minimum atomic E-state index is -0.818. The molecule has 2 N–H and O–H groups in total. The van der Waals surface area contributed by atoms with Crippen LogP contribution in [0.1, 0.15) is 84.8 Å². The third-order valence-electron chi connectivity index (χ3n) is 8.21. The highest BCUT2D eigenvalue weighted by Crippen LogP contribution is 2.32. The fourth-order valence-corrected chi connectivity index (χ4v) is 6.12. The molecule has 0 amide bonds. The van der Waals surface area contributed by atoms with Crippen LogP contribution in [0.5, 0.6) is 0 Å². The van der Waals surface area contributed by atoms with E-state index in [9.17, 15) is 9.59 Å². The van der Waals surface area contributed by atoms with Gasteiger partial charge in [0, 0.05) is 46.9 Å². The minimum Gasteiger partial charge on any atom is -0.481 e. The van der Waals surface area contributed by atoms with Crippen molar-refractivity contribution >= 4 is 28.3 Å². The molecule has 0 saturated heterocycles. The molecular weight excluding hydrogens is 556 g/mol. The van der Waals surface area contributed by atoms with E-state index in [1.54, 1.807) is 0 Å². The molecular formula is C40H44N2O3. The number of benzene rings is 4. The second-order valence-corrected chi connectivity index (χ2v) is 12.9. The second-order valence-electron chi connectivity index (χ2n) is 12.9. The molecule has 5 nitrogen and oxygen atoms in total. The second kappa shape index (κ2) is 14.4. The van der Waals surface area contributed by atoms with Crippen LogP contribution in [0, 0.1) is 11.8 Å². The fourth-order valence-electron chi connectivity index (χ4n) is 6.12. The molecule has 0 radical (unpaired) electrons. The van der Waals surface area contributed by atoms with E-state index in [1.165, 1.54) is 11.1 Å². The maximum atomic E-state index is 14.3. The zero-order valence-electron chi connectivity index (χ0n) is 26.8. The van der Waals surface area contributed by atoms with E-state index in [2.05, 4.69) is 81.5 Å². The SMILES string of the molecule is CC(C)Cc1ccc(C(Nc2ccccc2C(=O)c2cn(CCCC(=O)O)c3ccccc23)c2ccc(CC(C)C)cc2)cc1. The lowest BCUT2D eigenvalue weighted by Gasteiger charge is -2.23. The Morgan fingerprint density at radius 2 is 1.27 bits per heavy atom. The number of nitrogens with one attached hydrogen (secondary N) is 1. The Hall–Kier alpha value is -4.64. The Bertz CT molecular complexity index is 1690. The molecule has 0 unspecified atom stereocenters. The number of para-hydroxylation sites is 2. The Labute approximate surface area is 266 Å². The van der Waals surface area contributed by atoms with Gasteiger partial charge in [0.25, 0.3) is 0 Å². The van der Waals surface area contributed by atoms with Crippen molar-refractivity contribution in [1.29, 1.82) is 0 Å². The number of carbonyl (C=O) groups excluding carboxylic acids is 1. The van der Waals surface area contributed by atoms with Gasteiger partial charge in [-0.2, -0.15) is 0 Å². The summed E-state index contributed by atoms with van der Waals surface area (Å²) in [4.78, 5) is 25.4. The van der Waals surface area contributed by atoms with Crippen LogP contribution < -0.4 is 5.32 Å². The molecule has 0 atom stereocenters. The van der Waals surface area contributed by atoms with Crippen molar-refractivity contribution in [1.82, 2.24) is 4.57 Å². The number of aryl methyl sites for hydroxylation is 1. The third kappa shape index (κ3) is 7.91. The zero-order valence-corrected chi connectivity index (χ0v) is 26.8. The van der Waals surface area contributed by atoms with Gasteiger partial charge < -0.3 is 15.0 Å². The molecule has 45 heavy (non-hydrogen) atoms. The number of carbonyl (C=O) groups is 2. The third-order valence-corrected chi connectivity index (χ3v) is 8.21. The zero-order chi connectivity index (χ0) is 31.9. The first-order valence-electron chi connectivity index (χ1n) is 16.1. The summed E-state index contributed by atoms with van der Waals surface area (Å²) < 4.78 is 2.00. The summed E-state index contributed by atoms with van der Waals surface area (Å²) in [6.45, 7) is 9.47. The molecule has 0 aliphatic carbocycles. The molecule has 0 saturated carbocycles. The van der Waals surface area contributed by atoms with Gasteiger partial charge in [0.05, 0.1) is 6.04 Å². The largest absolute Gasteiger partial charge is 0.481 e. The van der Waals surface area contributed by atoms with E-state index in [-0.39, 0.29) is 18.2 Å². The highest BCUT2D eigenvalue weighted by molar-refractivity contribution is 6.18. The molecule has 232 valence electrons. The smallest absolute Gasteiger partial charge is 0.303 e. The van der Waals surface area contributed by atoms with Gasteiger partial charge in [-0.15, -0.1) is 0 Å². The van der Waals surface area contributed by atoms with Gasteiger partial charge in [0.15, 0.2) is 5.78 Å². The Balaban J connectivity index is 1.51. The van der Waals surface area contributed by atoms with Crippen molar-refractivity contribution in [3.63, 3.8) is 0 Å². The van der Waals surface area contributed by atoms with Gasteiger partial charge in [-0.1, -0.05) is 107 Å². The molecule has 0 bridgehead atoms. The number of fused-ring (bicyclic) bond motifs is 1. The lowest BCUT2D eigenvalue weighted by molar-refractivity contribution is -0.137. The first kappa shape index (κ1) is 31.8. The number of aromatic nitrogens is 1. The molecule has 0 aliphatic rings. The van der Waals surface area contributed by atoms with E-state index in [0.717, 1.165) is 40.6 Å². The van der Waals surface area contributed by atoms with Crippen LogP contribution >= 0.6 is 0 Å². The van der Waals surface area contributed by atoms with Gasteiger partial charge >= 0.3 is 5.97 Å². The maximum Gasteiger partial charge on any atom is 0.303 e. The first-order valence-corrected chi connectivity index (χ1v) is 16.1. The van der Waals surface area contributed by atoms with Gasteiger partial charge in [0.2, 0.25) is 0 Å². The molecule has 5 rings (SSSR count). The summed E-state index contributed by atoms with van der Waals surface area (Å²) in [5, 5.41) is 13.8. The van der Waals surface area contributed by atoms with Crippen molar-refractivity contribution in [2.24, 2.45) is 11.8 Å². The fraction of sp³-hybridized carbons (Fsp3) is 0.300. The van der Waals surface area contributed by atoms with Crippen LogP contribution in [0.2, 0.25) is 0 Å². The van der Waals surface area contributed by atoms with Crippen LogP contribution in [-0.4, -0.2) is 21.4 Å². The highest BCUT2D eigenvalue weighted by Gasteiger charge is 2.22. The summed E-state index contributed by atoms with van der Waals surface area (Å²) in [5.74, 6) is 0.282. The van der Waals surface area contributed by atoms with E-state index >= 15 is 0 Å². The predicted octanol–water partition coefficient (Wildman–Crippen LogP) is 9.34. The summed E-state index contributed by atoms with van der Waals surface area (Å²) in [7, 11) is 0. The topological polar surface area (TPSA) is 71.3 Å². The summed E-state index contributed by atoms with van der Waals surface area (Å²) in [6, 6.07) is 33.1. The molecule has 0 fully saturated rings. The van der Waals surface area contributed by atoms with Crippen molar-refractivity contribution in [2.45, 2.75) is 66.0 Å². The number of hydrogen-bond acceptors (Lipinski definition) is 3. The average Bonchev–Trinajstić information content (AvgIpc) is 3.38. The van der Waals surface area contributed by atoms with Gasteiger partial charge in [-0.3, -0.25) is 9.59 Å². The van der Waals surface area contributed by atoms with E-state index in [0.29, 0.717) is 35.9 Å². The van der Waals surface area contributed by atoms with Crippen LogP contribution in [-0.2, 0) is 24.2 Å². The van der Waals surface area contributed by atoms with E-state index < -0.39 is 5.97 Å². The predicted molar refractivity (Wildman–Crippen MR) is 184 cm³/mol. The van der Waals surface area contributed by atoms with Crippen molar-refractivity contribution in [2.75, 3.05) is 5.32 Å². The molecule has 5 aromatic rings. The standard InChI is InChI=1S/C40H44N2O3/c1-27(2)24-29-15-19-31(20-16-29)39(32-21-17-30(18-22-32)25-28(3)4)41-36-12-7-5-11-34(36)40(45)35-26-42(23-9-14-38(43)44)37-13-8-6-10-33(35)37/h5-8,10-13,15-22,26-28,39,41H,9,14,23-25H2,1-4H3,(H,43,44). The van der Waals surface area contributed by atoms with Crippen molar-refractivity contribution < 1.29 is 14.7 Å². The maximum absolute atomic E-state index is 14.3. The Morgan fingerprint density at radius 3 is 1.84 bits per heavy atom. The normalized spacial score (nSPS) is 11.5. The van der Waals surface area contributed by atoms with Crippen molar-refractivity contribution in [3.05, 3.63) is 137 Å². The lowest BCUT2D eigenvalue weighted by atomic mass is 9.93. The Morgan fingerprint density at radius 1 is 0.711 bits per heavy atom. The number of rotatable bonds is 14. The number of carboxylic acid groups (broad SMARTS) is 1. The highest BCUT2D eigenvalue weighted by atomic mass is 16.4. The van der Waals surface area contributed by atoms with E-state index in [1.807, 2.05) is 59.3 Å². The molecule has 0 spiro atoms. The lowest BCUT2D eigenvalue weighted by Crippen LogP contribution is -2.15. The number of carboxylic acids is 1. The Kier molecular flexibility index (Phi) is 10.2. The van der Waals surface area contributed by atoms with Crippen LogP contribution in [0.3, 0.4) is 0 Å². The van der Waals surface area contributed by atoms with Crippen LogP contribution in [0.25, 0.3) is 10.9 Å². The molecule has 1 heterocycles. The summed E-state index contributed by atoms with van der Waals surface area (Å²) in [6.07, 6.45) is 4.52. The average molecular weight is 601 g/mol. The minimum absolute atomic E-state index is 0.0652. The van der Waals surface area contributed by atoms with Gasteiger partial charge in [0.1, 0.15) is 0 Å². The van der Waals surface area contributed by atoms with E-state index in [4.69, 9.17) is 5.11 Å². The number of anilines is 1. The number of ketones is 1. The summed E-state index contributed by atoms with van der Waals surface area (Å²) >= 11 is 0. The van der Waals surface area contributed by atoms with Crippen LogP contribution in [0.15, 0.2) is 103 Å². The van der Waals surface area contributed by atoms with Crippen molar-refractivity contribution in [3.8, 4) is 0 Å². The molecule has 0 aliphatic heterocycles. The number of nitrogens with zero attached hydrogens (tertiary/aromatic N) is 1. The number of hydrogen-bond donors (Lipinski definition) is 2. The number of aliphatic carboxylic acids is 1. The monoisotopic (exact) mass is 600 g/mol. The summed E-state index contributed by atoms with van der Waals surface area (Å²) in [5.41, 5.74) is 7.81. The quantitative estimate of drug-likeness (QED) is 0.125. The van der Waals surface area contributed by atoms with Gasteiger partial charge in [-0.05, 0) is 71.6 Å². The molecule has 1 aromatic heterocycles. The van der Waals surface area contributed by atoms with Gasteiger partial charge in [-0.25, -0.2) is 0 Å². The first-order chi connectivity index (χ1) is 21.7.